The number of hydrogen-bond acceptors (Lipinski definition) is 3. The lowest BCUT2D eigenvalue weighted by atomic mass is 10.4. The molecule has 0 aliphatic carbocycles. The maximum atomic E-state index is 11.0. The molecule has 0 aliphatic heterocycles. The van der Waals surface area contributed by atoms with Crippen molar-refractivity contribution < 1.29 is 9.53 Å². The summed E-state index contributed by atoms with van der Waals surface area (Å²) in [6.07, 6.45) is 4.05. The molecule has 0 fully saturated rings. The van der Waals surface area contributed by atoms with Gasteiger partial charge in [0.05, 0.1) is 25.8 Å². The van der Waals surface area contributed by atoms with E-state index < -0.39 is 0 Å². The number of rotatable bonds is 4. The molecule has 0 spiro atoms. The van der Waals surface area contributed by atoms with E-state index in [-0.39, 0.29) is 5.97 Å². The zero-order valence-electron chi connectivity index (χ0n) is 7.99. The fourth-order valence-electron chi connectivity index (χ4n) is 1.03. The number of aromatic nitrogens is 2. The van der Waals surface area contributed by atoms with Gasteiger partial charge in [-0.25, -0.2) is 0 Å². The van der Waals surface area contributed by atoms with E-state index >= 15 is 0 Å². The van der Waals surface area contributed by atoms with Gasteiger partial charge < -0.3 is 4.74 Å². The van der Waals surface area contributed by atoms with Crippen molar-refractivity contribution in [3.63, 3.8) is 0 Å². The van der Waals surface area contributed by atoms with Gasteiger partial charge in [0.25, 0.3) is 0 Å². The highest BCUT2D eigenvalue weighted by Crippen LogP contribution is 1.96. The molecule has 1 aromatic rings. The van der Waals surface area contributed by atoms with E-state index in [0.29, 0.717) is 19.6 Å². The lowest BCUT2D eigenvalue weighted by Crippen LogP contribution is -2.09. The van der Waals surface area contributed by atoms with Crippen LogP contribution in [0.15, 0.2) is 12.4 Å². The van der Waals surface area contributed by atoms with E-state index in [1.807, 2.05) is 13.1 Å². The zero-order valence-corrected chi connectivity index (χ0v) is 7.99. The van der Waals surface area contributed by atoms with Crippen LogP contribution in [0.3, 0.4) is 0 Å². The summed E-state index contributed by atoms with van der Waals surface area (Å²) >= 11 is 0. The Morgan fingerprint density at radius 3 is 3.00 bits per heavy atom. The number of hydrogen-bond donors (Lipinski definition) is 0. The molecule has 0 saturated carbocycles. The average molecular weight is 182 g/mol. The number of carbonyl (C=O) groups excluding carboxylic acids is 1. The van der Waals surface area contributed by atoms with Gasteiger partial charge in [-0.1, -0.05) is 0 Å². The van der Waals surface area contributed by atoms with Crippen LogP contribution in [0.5, 0.6) is 0 Å². The Morgan fingerprint density at radius 1 is 1.69 bits per heavy atom. The summed E-state index contributed by atoms with van der Waals surface area (Å²) in [4.78, 5) is 11.0. The maximum absolute atomic E-state index is 11.0. The maximum Gasteiger partial charge on any atom is 0.307 e. The first-order chi connectivity index (χ1) is 6.22. The fraction of sp³-hybridized carbons (Fsp3) is 0.556. The normalized spacial score (nSPS) is 10.0. The molecule has 13 heavy (non-hydrogen) atoms. The molecule has 72 valence electrons. The molecule has 0 bridgehead atoms. The van der Waals surface area contributed by atoms with Crippen molar-refractivity contribution in [1.29, 1.82) is 0 Å². The molecule has 0 N–H and O–H groups in total. The van der Waals surface area contributed by atoms with E-state index in [4.69, 9.17) is 4.74 Å². The molecule has 4 nitrogen and oxygen atoms in total. The molecular weight excluding hydrogens is 168 g/mol. The predicted octanol–water partition coefficient (Wildman–Crippen LogP) is 1.14. The van der Waals surface area contributed by atoms with Crippen LogP contribution in [0.1, 0.15) is 18.9 Å². The zero-order chi connectivity index (χ0) is 9.68. The van der Waals surface area contributed by atoms with Gasteiger partial charge in [-0.05, 0) is 19.4 Å². The third-order valence-electron chi connectivity index (χ3n) is 1.61. The van der Waals surface area contributed by atoms with Crippen molar-refractivity contribution in [2.45, 2.75) is 26.8 Å². The van der Waals surface area contributed by atoms with Crippen LogP contribution >= 0.6 is 0 Å². The van der Waals surface area contributed by atoms with Gasteiger partial charge >= 0.3 is 5.97 Å². The standard InChI is InChI=1S/C9H14N2O2/c1-3-13-9(12)4-5-11-7-8(2)6-10-11/h6-7H,3-5H2,1-2H3. The number of nitrogens with zero attached hydrogens (tertiary/aromatic N) is 2. The van der Waals surface area contributed by atoms with E-state index in [9.17, 15) is 4.79 Å². The SMILES string of the molecule is CCOC(=O)CCn1cc(C)cn1. The molecule has 4 heteroatoms. The first-order valence-corrected chi connectivity index (χ1v) is 4.37. The van der Waals surface area contributed by atoms with Crippen LogP contribution in [0.25, 0.3) is 0 Å². The topological polar surface area (TPSA) is 44.1 Å². The third-order valence-corrected chi connectivity index (χ3v) is 1.61. The van der Waals surface area contributed by atoms with E-state index in [2.05, 4.69) is 5.10 Å². The Hall–Kier alpha value is -1.32. The minimum absolute atomic E-state index is 0.171. The second-order valence-corrected chi connectivity index (χ2v) is 2.84. The van der Waals surface area contributed by atoms with Crippen molar-refractivity contribution in [3.8, 4) is 0 Å². The molecule has 1 rings (SSSR count). The summed E-state index contributed by atoms with van der Waals surface area (Å²) in [5.41, 5.74) is 1.10. The van der Waals surface area contributed by atoms with Gasteiger partial charge in [0, 0.05) is 6.20 Å². The van der Waals surface area contributed by atoms with E-state index in [0.717, 1.165) is 5.56 Å². The first-order valence-electron chi connectivity index (χ1n) is 4.37. The Labute approximate surface area is 77.5 Å². The molecular formula is C9H14N2O2. The highest BCUT2D eigenvalue weighted by molar-refractivity contribution is 5.69. The fourth-order valence-corrected chi connectivity index (χ4v) is 1.03. The summed E-state index contributed by atoms with van der Waals surface area (Å²) < 4.78 is 6.53. The third kappa shape index (κ3) is 3.27. The number of ether oxygens (including phenoxy) is 1. The van der Waals surface area contributed by atoms with Crippen LogP contribution in [-0.4, -0.2) is 22.4 Å². The van der Waals surface area contributed by atoms with Gasteiger partial charge in [0.2, 0.25) is 0 Å². The molecule has 0 aromatic carbocycles. The highest BCUT2D eigenvalue weighted by atomic mass is 16.5. The largest absolute Gasteiger partial charge is 0.466 e. The average Bonchev–Trinajstić information content (AvgIpc) is 2.49. The summed E-state index contributed by atoms with van der Waals surface area (Å²) in [5.74, 6) is -0.171. The van der Waals surface area contributed by atoms with Gasteiger partial charge in [-0.15, -0.1) is 0 Å². The Bertz CT molecular complexity index is 281. The first kappa shape index (κ1) is 9.77. The second kappa shape index (κ2) is 4.64. The van der Waals surface area contributed by atoms with Gasteiger partial charge in [-0.3, -0.25) is 9.48 Å². The Morgan fingerprint density at radius 2 is 2.46 bits per heavy atom. The Balaban J connectivity index is 2.30. The molecule has 0 saturated heterocycles. The molecule has 1 aromatic heterocycles. The van der Waals surface area contributed by atoms with Crippen molar-refractivity contribution in [2.24, 2.45) is 0 Å². The van der Waals surface area contributed by atoms with Crippen LogP contribution in [0, 0.1) is 6.92 Å². The Kier molecular flexibility index (Phi) is 3.49. The number of carbonyl (C=O) groups is 1. The summed E-state index contributed by atoms with van der Waals surface area (Å²) in [6, 6.07) is 0. The molecule has 0 radical (unpaired) electrons. The predicted molar refractivity (Wildman–Crippen MR) is 48.2 cm³/mol. The molecule has 1 heterocycles. The highest BCUT2D eigenvalue weighted by Gasteiger charge is 2.01. The van der Waals surface area contributed by atoms with Crippen LogP contribution < -0.4 is 0 Å². The number of aryl methyl sites for hydroxylation is 2. The van der Waals surface area contributed by atoms with Gasteiger partial charge in [0.1, 0.15) is 0 Å². The summed E-state index contributed by atoms with van der Waals surface area (Å²) in [6.45, 7) is 4.80. The summed E-state index contributed by atoms with van der Waals surface area (Å²) in [5, 5.41) is 4.06. The van der Waals surface area contributed by atoms with E-state index in [1.54, 1.807) is 17.8 Å². The summed E-state index contributed by atoms with van der Waals surface area (Å²) in [7, 11) is 0. The lowest BCUT2D eigenvalue weighted by Gasteiger charge is -2.01. The van der Waals surface area contributed by atoms with Crippen molar-refractivity contribution in [3.05, 3.63) is 18.0 Å². The van der Waals surface area contributed by atoms with Crippen molar-refractivity contribution in [1.82, 2.24) is 9.78 Å². The van der Waals surface area contributed by atoms with Gasteiger partial charge in [0.15, 0.2) is 0 Å². The van der Waals surface area contributed by atoms with Crippen molar-refractivity contribution >= 4 is 5.97 Å². The van der Waals surface area contributed by atoms with Crippen molar-refractivity contribution in [2.75, 3.05) is 6.61 Å². The number of esters is 1. The molecule has 0 atom stereocenters. The smallest absolute Gasteiger partial charge is 0.307 e. The second-order valence-electron chi connectivity index (χ2n) is 2.84. The molecule has 0 unspecified atom stereocenters. The van der Waals surface area contributed by atoms with Crippen LogP contribution in [0.2, 0.25) is 0 Å². The van der Waals surface area contributed by atoms with E-state index in [1.165, 1.54) is 0 Å². The van der Waals surface area contributed by atoms with Gasteiger partial charge in [-0.2, -0.15) is 5.10 Å². The quantitative estimate of drug-likeness (QED) is 0.656. The molecule has 0 aliphatic rings. The molecule has 0 amide bonds. The lowest BCUT2D eigenvalue weighted by molar-refractivity contribution is -0.143. The van der Waals surface area contributed by atoms with Crippen LogP contribution in [0.4, 0.5) is 0 Å². The van der Waals surface area contributed by atoms with Crippen LogP contribution in [-0.2, 0) is 16.1 Å². The minimum Gasteiger partial charge on any atom is -0.466 e. The minimum atomic E-state index is -0.171. The monoisotopic (exact) mass is 182 g/mol.